The summed E-state index contributed by atoms with van der Waals surface area (Å²) in [5.41, 5.74) is 1.80. The van der Waals surface area contributed by atoms with E-state index in [0.717, 1.165) is 35.4 Å². The summed E-state index contributed by atoms with van der Waals surface area (Å²) in [4.78, 5) is 12.1. The third-order valence-electron chi connectivity index (χ3n) is 3.64. The zero-order valence-corrected chi connectivity index (χ0v) is 14.3. The zero-order chi connectivity index (χ0) is 15.2. The SMILES string of the molecule is CC(C)Nc1ccc(Br)cc1NC(=O)CCC1CCNC1. The van der Waals surface area contributed by atoms with Crippen LogP contribution in [0, 0.1) is 5.92 Å². The first-order chi connectivity index (χ1) is 10.0. The normalized spacial score (nSPS) is 18.0. The lowest BCUT2D eigenvalue weighted by Crippen LogP contribution is -2.17. The summed E-state index contributed by atoms with van der Waals surface area (Å²) in [6.45, 7) is 6.30. The Hall–Kier alpha value is -1.07. The molecule has 3 N–H and O–H groups in total. The molecule has 1 saturated heterocycles. The standard InChI is InChI=1S/C16H24BrN3O/c1-11(2)19-14-5-4-13(17)9-15(14)20-16(21)6-3-12-7-8-18-10-12/h4-5,9,11-12,18-19H,3,6-8,10H2,1-2H3,(H,20,21). The molecule has 1 unspecified atom stereocenters. The van der Waals surface area contributed by atoms with Crippen molar-refractivity contribution < 1.29 is 4.79 Å². The molecule has 0 bridgehead atoms. The molecule has 0 spiro atoms. The van der Waals surface area contributed by atoms with Crippen molar-refractivity contribution in [2.75, 3.05) is 23.7 Å². The fraction of sp³-hybridized carbons (Fsp3) is 0.562. The van der Waals surface area contributed by atoms with Crippen LogP contribution in [0.3, 0.4) is 0 Å². The molecular weight excluding hydrogens is 330 g/mol. The monoisotopic (exact) mass is 353 g/mol. The number of carbonyl (C=O) groups excluding carboxylic acids is 1. The Balaban J connectivity index is 1.93. The Labute approximate surface area is 135 Å². The summed E-state index contributed by atoms with van der Waals surface area (Å²) in [6, 6.07) is 6.23. The molecule has 1 aromatic carbocycles. The molecular formula is C16H24BrN3O. The van der Waals surface area contributed by atoms with E-state index in [1.54, 1.807) is 0 Å². The van der Waals surface area contributed by atoms with Crippen molar-refractivity contribution >= 4 is 33.2 Å². The highest BCUT2D eigenvalue weighted by Gasteiger charge is 2.16. The summed E-state index contributed by atoms with van der Waals surface area (Å²) in [6.07, 6.45) is 2.73. The van der Waals surface area contributed by atoms with Crippen molar-refractivity contribution in [2.24, 2.45) is 5.92 Å². The molecule has 1 aromatic rings. The Bertz CT molecular complexity index is 484. The molecule has 1 fully saturated rings. The van der Waals surface area contributed by atoms with Crippen molar-refractivity contribution in [3.05, 3.63) is 22.7 Å². The van der Waals surface area contributed by atoms with Gasteiger partial charge < -0.3 is 16.0 Å². The van der Waals surface area contributed by atoms with Crippen LogP contribution in [0.4, 0.5) is 11.4 Å². The van der Waals surface area contributed by atoms with Crippen LogP contribution >= 0.6 is 15.9 Å². The van der Waals surface area contributed by atoms with Crippen LogP contribution < -0.4 is 16.0 Å². The number of halogens is 1. The lowest BCUT2D eigenvalue weighted by molar-refractivity contribution is -0.116. The van der Waals surface area contributed by atoms with Crippen LogP contribution in [0.1, 0.15) is 33.1 Å². The van der Waals surface area contributed by atoms with Gasteiger partial charge in [-0.25, -0.2) is 0 Å². The highest BCUT2D eigenvalue weighted by molar-refractivity contribution is 9.10. The van der Waals surface area contributed by atoms with Crippen molar-refractivity contribution in [1.82, 2.24) is 5.32 Å². The van der Waals surface area contributed by atoms with Crippen LogP contribution in [-0.2, 0) is 4.79 Å². The highest BCUT2D eigenvalue weighted by Crippen LogP contribution is 2.27. The molecule has 1 atom stereocenters. The second kappa shape index (κ2) is 7.80. The molecule has 0 radical (unpaired) electrons. The van der Waals surface area contributed by atoms with Crippen LogP contribution in [0.15, 0.2) is 22.7 Å². The first-order valence-electron chi connectivity index (χ1n) is 7.61. The maximum absolute atomic E-state index is 12.1. The quantitative estimate of drug-likeness (QED) is 0.732. The molecule has 5 heteroatoms. The molecule has 1 amide bonds. The molecule has 116 valence electrons. The van der Waals surface area contributed by atoms with Crippen molar-refractivity contribution in [1.29, 1.82) is 0 Å². The minimum absolute atomic E-state index is 0.0896. The predicted octanol–water partition coefficient (Wildman–Crippen LogP) is 3.60. The van der Waals surface area contributed by atoms with E-state index in [1.807, 2.05) is 18.2 Å². The van der Waals surface area contributed by atoms with E-state index in [0.29, 0.717) is 18.4 Å². The van der Waals surface area contributed by atoms with Crippen LogP contribution in [0.5, 0.6) is 0 Å². The van der Waals surface area contributed by atoms with Crippen LogP contribution in [0.25, 0.3) is 0 Å². The minimum atomic E-state index is 0.0896. The Kier molecular flexibility index (Phi) is 6.06. The lowest BCUT2D eigenvalue weighted by Gasteiger charge is -2.16. The maximum Gasteiger partial charge on any atom is 0.224 e. The van der Waals surface area contributed by atoms with Gasteiger partial charge in [0, 0.05) is 16.9 Å². The number of hydrogen-bond donors (Lipinski definition) is 3. The van der Waals surface area contributed by atoms with Gasteiger partial charge in [0.1, 0.15) is 0 Å². The van der Waals surface area contributed by atoms with Gasteiger partial charge in [0.15, 0.2) is 0 Å². The number of anilines is 2. The van der Waals surface area contributed by atoms with E-state index in [2.05, 4.69) is 45.7 Å². The number of carbonyl (C=O) groups is 1. The largest absolute Gasteiger partial charge is 0.381 e. The highest BCUT2D eigenvalue weighted by atomic mass is 79.9. The molecule has 1 aliphatic heterocycles. The van der Waals surface area contributed by atoms with Crippen molar-refractivity contribution in [3.8, 4) is 0 Å². The van der Waals surface area contributed by atoms with E-state index in [-0.39, 0.29) is 5.91 Å². The molecule has 0 saturated carbocycles. The third-order valence-corrected chi connectivity index (χ3v) is 4.14. The first kappa shape index (κ1) is 16.3. The summed E-state index contributed by atoms with van der Waals surface area (Å²) < 4.78 is 0.965. The molecule has 0 aliphatic carbocycles. The smallest absolute Gasteiger partial charge is 0.224 e. The Morgan fingerprint density at radius 3 is 2.90 bits per heavy atom. The number of amides is 1. The van der Waals surface area contributed by atoms with E-state index in [1.165, 1.54) is 6.42 Å². The average molecular weight is 354 g/mol. The van der Waals surface area contributed by atoms with Crippen molar-refractivity contribution in [3.63, 3.8) is 0 Å². The topological polar surface area (TPSA) is 53.2 Å². The van der Waals surface area contributed by atoms with Gasteiger partial charge in [-0.15, -0.1) is 0 Å². The fourth-order valence-corrected chi connectivity index (χ4v) is 2.93. The maximum atomic E-state index is 12.1. The number of benzene rings is 1. The van der Waals surface area contributed by atoms with Gasteiger partial charge in [0.25, 0.3) is 0 Å². The molecule has 1 heterocycles. The molecule has 0 aromatic heterocycles. The number of rotatable bonds is 6. The molecule has 4 nitrogen and oxygen atoms in total. The Morgan fingerprint density at radius 2 is 2.24 bits per heavy atom. The van der Waals surface area contributed by atoms with Gasteiger partial charge >= 0.3 is 0 Å². The van der Waals surface area contributed by atoms with Gasteiger partial charge in [0.05, 0.1) is 11.4 Å². The minimum Gasteiger partial charge on any atom is -0.381 e. The van der Waals surface area contributed by atoms with Gasteiger partial charge in [0.2, 0.25) is 5.91 Å². The average Bonchev–Trinajstić information content (AvgIpc) is 2.92. The predicted molar refractivity (Wildman–Crippen MR) is 91.7 cm³/mol. The fourth-order valence-electron chi connectivity index (χ4n) is 2.57. The zero-order valence-electron chi connectivity index (χ0n) is 12.7. The Morgan fingerprint density at radius 1 is 1.43 bits per heavy atom. The molecule has 2 rings (SSSR count). The van der Waals surface area contributed by atoms with E-state index < -0.39 is 0 Å². The number of hydrogen-bond acceptors (Lipinski definition) is 3. The summed E-state index contributed by atoms with van der Waals surface area (Å²) in [5.74, 6) is 0.735. The summed E-state index contributed by atoms with van der Waals surface area (Å²) >= 11 is 3.46. The van der Waals surface area contributed by atoms with Gasteiger partial charge in [-0.1, -0.05) is 15.9 Å². The first-order valence-corrected chi connectivity index (χ1v) is 8.40. The second-order valence-electron chi connectivity index (χ2n) is 5.93. The van der Waals surface area contributed by atoms with E-state index in [4.69, 9.17) is 0 Å². The summed E-state index contributed by atoms with van der Waals surface area (Å²) in [5, 5.41) is 9.72. The lowest BCUT2D eigenvalue weighted by atomic mass is 10.0. The third kappa shape index (κ3) is 5.32. The molecule has 1 aliphatic rings. The van der Waals surface area contributed by atoms with Crippen LogP contribution in [-0.4, -0.2) is 25.0 Å². The van der Waals surface area contributed by atoms with Crippen LogP contribution in [0.2, 0.25) is 0 Å². The molecule has 21 heavy (non-hydrogen) atoms. The van der Waals surface area contributed by atoms with Gasteiger partial charge in [-0.2, -0.15) is 0 Å². The van der Waals surface area contributed by atoms with E-state index >= 15 is 0 Å². The number of nitrogens with one attached hydrogen (secondary N) is 3. The van der Waals surface area contributed by atoms with Crippen molar-refractivity contribution in [2.45, 2.75) is 39.2 Å². The second-order valence-corrected chi connectivity index (χ2v) is 6.85. The summed E-state index contributed by atoms with van der Waals surface area (Å²) in [7, 11) is 0. The van der Waals surface area contributed by atoms with Gasteiger partial charge in [-0.3, -0.25) is 4.79 Å². The van der Waals surface area contributed by atoms with E-state index in [9.17, 15) is 4.79 Å². The van der Waals surface area contributed by atoms with Gasteiger partial charge in [-0.05, 0) is 63.9 Å².